The highest BCUT2D eigenvalue weighted by Crippen LogP contribution is 2.20. The molecule has 1 aromatic carbocycles. The maximum atomic E-state index is 4.48. The number of rotatable bonds is 6. The Bertz CT molecular complexity index is 717. The van der Waals surface area contributed by atoms with Crippen molar-refractivity contribution in [3.8, 4) is 0 Å². The van der Waals surface area contributed by atoms with Gasteiger partial charge in [-0.05, 0) is 5.56 Å². The SMILES string of the molecule is CC(C)c1nc(SCc2nccn2Cc2ccccc2)n[nH]1. The average Bonchev–Trinajstić information content (AvgIpc) is 3.15. The largest absolute Gasteiger partial charge is 0.330 e. The molecular formula is C16H19N5S. The van der Waals surface area contributed by atoms with Gasteiger partial charge < -0.3 is 4.57 Å². The van der Waals surface area contributed by atoms with E-state index < -0.39 is 0 Å². The zero-order valence-electron chi connectivity index (χ0n) is 12.7. The Morgan fingerprint density at radius 2 is 2.05 bits per heavy atom. The van der Waals surface area contributed by atoms with Gasteiger partial charge in [0.2, 0.25) is 5.16 Å². The minimum absolute atomic E-state index is 0.363. The van der Waals surface area contributed by atoms with Gasteiger partial charge in [0, 0.05) is 24.9 Å². The average molecular weight is 313 g/mol. The van der Waals surface area contributed by atoms with Crippen LogP contribution in [0.25, 0.3) is 0 Å². The second-order valence-corrected chi connectivity index (χ2v) is 6.35. The fourth-order valence-corrected chi connectivity index (χ4v) is 2.89. The van der Waals surface area contributed by atoms with Crippen molar-refractivity contribution in [2.24, 2.45) is 0 Å². The van der Waals surface area contributed by atoms with E-state index in [0.717, 1.165) is 29.1 Å². The third-order valence-corrected chi connectivity index (χ3v) is 4.20. The minimum atomic E-state index is 0.363. The molecule has 0 amide bonds. The molecule has 6 heteroatoms. The van der Waals surface area contributed by atoms with Crippen molar-refractivity contribution in [2.75, 3.05) is 0 Å². The van der Waals surface area contributed by atoms with Crippen LogP contribution in [0.15, 0.2) is 47.9 Å². The van der Waals surface area contributed by atoms with Crippen LogP contribution in [0.5, 0.6) is 0 Å². The van der Waals surface area contributed by atoms with E-state index in [9.17, 15) is 0 Å². The number of aromatic amines is 1. The van der Waals surface area contributed by atoms with Crippen molar-refractivity contribution in [1.29, 1.82) is 0 Å². The number of imidazole rings is 1. The smallest absolute Gasteiger partial charge is 0.208 e. The molecule has 0 atom stereocenters. The van der Waals surface area contributed by atoms with E-state index in [1.165, 1.54) is 5.56 Å². The third-order valence-electron chi connectivity index (χ3n) is 3.36. The predicted molar refractivity (Wildman–Crippen MR) is 87.8 cm³/mol. The second-order valence-electron chi connectivity index (χ2n) is 5.40. The van der Waals surface area contributed by atoms with Gasteiger partial charge in [0.25, 0.3) is 0 Å². The predicted octanol–water partition coefficient (Wildman–Crippen LogP) is 3.47. The molecular weight excluding hydrogens is 294 g/mol. The maximum absolute atomic E-state index is 4.48. The molecule has 0 aliphatic rings. The molecule has 0 saturated heterocycles. The van der Waals surface area contributed by atoms with Gasteiger partial charge in [0.05, 0.1) is 5.75 Å². The summed E-state index contributed by atoms with van der Waals surface area (Å²) in [6.45, 7) is 5.03. The Morgan fingerprint density at radius 1 is 1.23 bits per heavy atom. The number of hydrogen-bond acceptors (Lipinski definition) is 4. The molecule has 0 aliphatic carbocycles. The Labute approximate surface area is 134 Å². The molecule has 2 aromatic heterocycles. The quantitative estimate of drug-likeness (QED) is 0.708. The second kappa shape index (κ2) is 6.79. The maximum Gasteiger partial charge on any atom is 0.208 e. The molecule has 3 aromatic rings. The third kappa shape index (κ3) is 3.57. The summed E-state index contributed by atoms with van der Waals surface area (Å²) in [5.41, 5.74) is 1.27. The zero-order valence-corrected chi connectivity index (χ0v) is 13.5. The van der Waals surface area contributed by atoms with Crippen molar-refractivity contribution in [2.45, 2.75) is 37.2 Å². The van der Waals surface area contributed by atoms with E-state index in [2.05, 4.69) is 62.8 Å². The van der Waals surface area contributed by atoms with Crippen LogP contribution in [0.3, 0.4) is 0 Å². The monoisotopic (exact) mass is 313 g/mol. The first-order valence-electron chi connectivity index (χ1n) is 7.31. The summed E-state index contributed by atoms with van der Waals surface area (Å²) in [5.74, 6) is 3.08. The molecule has 5 nitrogen and oxygen atoms in total. The van der Waals surface area contributed by atoms with Crippen molar-refractivity contribution in [1.82, 2.24) is 24.7 Å². The van der Waals surface area contributed by atoms with Gasteiger partial charge in [0.1, 0.15) is 11.6 Å². The van der Waals surface area contributed by atoms with E-state index >= 15 is 0 Å². The number of benzene rings is 1. The summed E-state index contributed by atoms with van der Waals surface area (Å²) in [4.78, 5) is 8.93. The van der Waals surface area contributed by atoms with Gasteiger partial charge in [-0.2, -0.15) is 0 Å². The molecule has 3 rings (SSSR count). The molecule has 2 heterocycles. The number of hydrogen-bond donors (Lipinski definition) is 1. The summed E-state index contributed by atoms with van der Waals surface area (Å²) in [5, 5.41) is 8.00. The van der Waals surface area contributed by atoms with Crippen molar-refractivity contribution < 1.29 is 0 Å². The summed E-state index contributed by atoms with van der Waals surface area (Å²) in [6, 6.07) is 10.4. The lowest BCUT2D eigenvalue weighted by Gasteiger charge is -2.07. The molecule has 0 unspecified atom stereocenters. The Kier molecular flexibility index (Phi) is 4.58. The van der Waals surface area contributed by atoms with E-state index in [1.54, 1.807) is 11.8 Å². The van der Waals surface area contributed by atoms with Gasteiger partial charge in [-0.15, -0.1) is 5.10 Å². The number of thioether (sulfide) groups is 1. The van der Waals surface area contributed by atoms with Gasteiger partial charge in [-0.25, -0.2) is 9.97 Å². The van der Waals surface area contributed by atoms with E-state index in [4.69, 9.17) is 0 Å². The topological polar surface area (TPSA) is 59.4 Å². The van der Waals surface area contributed by atoms with Crippen LogP contribution >= 0.6 is 11.8 Å². The fraction of sp³-hybridized carbons (Fsp3) is 0.312. The van der Waals surface area contributed by atoms with Crippen LogP contribution in [0.2, 0.25) is 0 Å². The summed E-state index contributed by atoms with van der Waals surface area (Å²) >= 11 is 1.60. The van der Waals surface area contributed by atoms with Gasteiger partial charge in [0.15, 0.2) is 0 Å². The van der Waals surface area contributed by atoms with E-state index in [1.807, 2.05) is 18.5 Å². The lowest BCUT2D eigenvalue weighted by molar-refractivity contribution is 0.756. The number of H-pyrrole nitrogens is 1. The Morgan fingerprint density at radius 3 is 2.77 bits per heavy atom. The minimum Gasteiger partial charge on any atom is -0.330 e. The molecule has 114 valence electrons. The van der Waals surface area contributed by atoms with Crippen LogP contribution in [0.1, 0.15) is 37.0 Å². The Balaban J connectivity index is 1.64. The van der Waals surface area contributed by atoms with Crippen molar-refractivity contribution >= 4 is 11.8 Å². The highest BCUT2D eigenvalue weighted by Gasteiger charge is 2.09. The van der Waals surface area contributed by atoms with Crippen LogP contribution in [-0.2, 0) is 12.3 Å². The Hall–Kier alpha value is -2.08. The van der Waals surface area contributed by atoms with Crippen LogP contribution in [0, 0.1) is 0 Å². The molecule has 22 heavy (non-hydrogen) atoms. The van der Waals surface area contributed by atoms with Gasteiger partial charge >= 0.3 is 0 Å². The lowest BCUT2D eigenvalue weighted by Crippen LogP contribution is -2.03. The molecule has 0 spiro atoms. The number of nitrogens with zero attached hydrogens (tertiary/aromatic N) is 4. The van der Waals surface area contributed by atoms with Gasteiger partial charge in [-0.1, -0.05) is 55.9 Å². The molecule has 0 fully saturated rings. The van der Waals surface area contributed by atoms with Crippen molar-refractivity contribution in [3.63, 3.8) is 0 Å². The first-order chi connectivity index (χ1) is 10.7. The standard InChI is InChI=1S/C16H19N5S/c1-12(2)15-18-16(20-19-15)22-11-14-17-8-9-21(14)10-13-6-4-3-5-7-13/h3-9,12H,10-11H2,1-2H3,(H,18,19,20). The number of nitrogens with one attached hydrogen (secondary N) is 1. The van der Waals surface area contributed by atoms with Gasteiger partial charge in [-0.3, -0.25) is 5.10 Å². The normalized spacial score (nSPS) is 11.2. The fourth-order valence-electron chi connectivity index (χ4n) is 2.11. The molecule has 1 N–H and O–H groups in total. The zero-order chi connectivity index (χ0) is 15.4. The summed E-state index contributed by atoms with van der Waals surface area (Å²) < 4.78 is 2.17. The van der Waals surface area contributed by atoms with Crippen molar-refractivity contribution in [3.05, 3.63) is 59.9 Å². The van der Waals surface area contributed by atoms with Crippen LogP contribution in [-0.4, -0.2) is 24.7 Å². The highest BCUT2D eigenvalue weighted by atomic mass is 32.2. The summed E-state index contributed by atoms with van der Waals surface area (Å²) in [6.07, 6.45) is 3.86. The molecule has 0 aliphatic heterocycles. The summed E-state index contributed by atoms with van der Waals surface area (Å²) in [7, 11) is 0. The molecule has 0 saturated carbocycles. The first-order valence-corrected chi connectivity index (χ1v) is 8.30. The van der Waals surface area contributed by atoms with E-state index in [0.29, 0.717) is 5.92 Å². The first kappa shape index (κ1) is 14.8. The molecule has 0 bridgehead atoms. The van der Waals surface area contributed by atoms with Crippen LogP contribution in [0.4, 0.5) is 0 Å². The molecule has 0 radical (unpaired) electrons. The van der Waals surface area contributed by atoms with E-state index in [-0.39, 0.29) is 0 Å². The van der Waals surface area contributed by atoms with Crippen LogP contribution < -0.4 is 0 Å². The highest BCUT2D eigenvalue weighted by molar-refractivity contribution is 7.98. The number of aromatic nitrogens is 5. The lowest BCUT2D eigenvalue weighted by atomic mass is 10.2.